The Balaban J connectivity index is 1.35. The summed E-state index contributed by atoms with van der Waals surface area (Å²) in [5.41, 5.74) is 1.04. The van der Waals surface area contributed by atoms with Crippen LogP contribution in [-0.4, -0.2) is 46.2 Å². The number of ether oxygens (including phenoxy) is 1. The Labute approximate surface area is 201 Å². The number of halogens is 2. The van der Waals surface area contributed by atoms with Crippen molar-refractivity contribution in [3.63, 3.8) is 0 Å². The van der Waals surface area contributed by atoms with Crippen molar-refractivity contribution in [1.82, 2.24) is 19.9 Å². The van der Waals surface area contributed by atoms with Gasteiger partial charge in [-0.25, -0.2) is 18.3 Å². The molecule has 1 aromatic carbocycles. The van der Waals surface area contributed by atoms with Gasteiger partial charge < -0.3 is 15.0 Å². The van der Waals surface area contributed by atoms with Crippen molar-refractivity contribution in [2.45, 2.75) is 50.6 Å². The van der Waals surface area contributed by atoms with E-state index < -0.39 is 11.6 Å². The number of methoxy groups -OCH3 is 1. The molecule has 0 unspecified atom stereocenters. The molecule has 0 spiro atoms. The Morgan fingerprint density at radius 3 is 2.69 bits per heavy atom. The Morgan fingerprint density at radius 1 is 1.11 bits per heavy atom. The fourth-order valence-electron chi connectivity index (χ4n) is 5.22. The lowest BCUT2D eigenvalue weighted by molar-refractivity contribution is -0.146. The van der Waals surface area contributed by atoms with Gasteiger partial charge in [0.05, 0.1) is 25.3 Å². The maximum Gasteiger partial charge on any atom is 0.308 e. The predicted molar refractivity (Wildman–Crippen MR) is 124 cm³/mol. The average molecular weight is 484 g/mol. The molecule has 1 N–H and O–H groups in total. The number of anilines is 1. The van der Waals surface area contributed by atoms with Crippen LogP contribution in [-0.2, 0) is 9.53 Å². The van der Waals surface area contributed by atoms with Gasteiger partial charge >= 0.3 is 5.97 Å². The number of rotatable bonds is 5. The Kier molecular flexibility index (Phi) is 6.36. The van der Waals surface area contributed by atoms with Gasteiger partial charge in [-0.2, -0.15) is 5.10 Å². The Bertz CT molecular complexity index is 1260. The van der Waals surface area contributed by atoms with Crippen molar-refractivity contribution in [1.29, 1.82) is 0 Å². The highest BCUT2D eigenvalue weighted by Crippen LogP contribution is 2.37. The number of fused-ring (bicyclic) bond motifs is 1. The average Bonchev–Trinajstić information content (AvgIpc) is 3.52. The Hall–Kier alpha value is -3.56. The minimum Gasteiger partial charge on any atom is -0.469 e. The molecular weight excluding hydrogens is 456 g/mol. The molecule has 3 heterocycles. The van der Waals surface area contributed by atoms with Gasteiger partial charge in [-0.05, 0) is 62.8 Å². The van der Waals surface area contributed by atoms with Crippen molar-refractivity contribution in [3.05, 3.63) is 59.4 Å². The van der Waals surface area contributed by atoms with E-state index in [0.717, 1.165) is 18.6 Å². The summed E-state index contributed by atoms with van der Waals surface area (Å²) in [6, 6.07) is 4.89. The molecule has 1 aliphatic carbocycles. The number of amides is 1. The Morgan fingerprint density at radius 2 is 1.91 bits per heavy atom. The van der Waals surface area contributed by atoms with Gasteiger partial charge in [0.15, 0.2) is 5.65 Å². The van der Waals surface area contributed by atoms with E-state index in [1.165, 1.54) is 23.9 Å². The molecule has 8 nitrogen and oxygen atoms in total. The predicted octanol–water partition coefficient (Wildman–Crippen LogP) is 3.81. The van der Waals surface area contributed by atoms with E-state index in [1.54, 1.807) is 12.3 Å². The first-order chi connectivity index (χ1) is 16.9. The second-order valence-electron chi connectivity index (χ2n) is 9.17. The lowest BCUT2D eigenvalue weighted by atomic mass is 9.86. The van der Waals surface area contributed by atoms with Crippen molar-refractivity contribution in [2.75, 3.05) is 18.6 Å². The maximum absolute atomic E-state index is 14.5. The van der Waals surface area contributed by atoms with Crippen molar-refractivity contribution in [2.24, 2.45) is 5.92 Å². The summed E-state index contributed by atoms with van der Waals surface area (Å²) in [7, 11) is 1.39. The minimum atomic E-state index is -0.480. The summed E-state index contributed by atoms with van der Waals surface area (Å²) in [6.45, 7) is 0.642. The first-order valence-corrected chi connectivity index (χ1v) is 11.9. The molecule has 10 heteroatoms. The number of esters is 1. The van der Waals surface area contributed by atoms with Crippen LogP contribution in [0.3, 0.4) is 0 Å². The number of nitrogens with one attached hydrogen (secondary N) is 1. The number of nitrogens with zero attached hydrogens (tertiary/aromatic N) is 4. The molecule has 1 aliphatic heterocycles. The van der Waals surface area contributed by atoms with Gasteiger partial charge in [0.1, 0.15) is 23.0 Å². The van der Waals surface area contributed by atoms with Crippen LogP contribution in [0.5, 0.6) is 0 Å². The zero-order valence-corrected chi connectivity index (χ0v) is 19.4. The number of carbonyl (C=O) groups excluding carboxylic acids is 2. The number of hydrogen-bond acceptors (Lipinski definition) is 6. The summed E-state index contributed by atoms with van der Waals surface area (Å²) in [5.74, 6) is -0.946. The largest absolute Gasteiger partial charge is 0.469 e. The zero-order valence-electron chi connectivity index (χ0n) is 19.4. The second kappa shape index (κ2) is 9.59. The van der Waals surface area contributed by atoms with Gasteiger partial charge in [0, 0.05) is 24.3 Å². The molecular formula is C25H27F2N5O3. The molecule has 2 aliphatic rings. The zero-order chi connectivity index (χ0) is 24.5. The van der Waals surface area contributed by atoms with Gasteiger partial charge in [0.2, 0.25) is 0 Å². The van der Waals surface area contributed by atoms with E-state index in [9.17, 15) is 18.4 Å². The molecule has 3 aromatic rings. The quantitative estimate of drug-likeness (QED) is 0.556. The van der Waals surface area contributed by atoms with Gasteiger partial charge in [0.25, 0.3) is 5.91 Å². The normalized spacial score (nSPS) is 22.4. The minimum absolute atomic E-state index is 0.0412. The highest BCUT2D eigenvalue weighted by Gasteiger charge is 2.31. The highest BCUT2D eigenvalue weighted by atomic mass is 19.1. The maximum atomic E-state index is 14.5. The van der Waals surface area contributed by atoms with Crippen LogP contribution >= 0.6 is 0 Å². The molecule has 1 atom stereocenters. The summed E-state index contributed by atoms with van der Waals surface area (Å²) >= 11 is 0. The van der Waals surface area contributed by atoms with Crippen LogP contribution in [0, 0.1) is 17.6 Å². The standard InChI is InChI=1S/C25H27F2N5O3/c1-35-25(34)15-4-7-17(8-5-15)29-24(33)19-14-28-32-12-10-22(30-23(19)32)31-11-2-3-21(31)18-13-16(26)6-9-20(18)27/h6,9-10,12-15,17,21H,2-5,7-8,11H2,1H3,(H,29,33)/t15-,17-,21-/m1/s1. The molecule has 184 valence electrons. The highest BCUT2D eigenvalue weighted by molar-refractivity contribution is 6.00. The fourth-order valence-corrected chi connectivity index (χ4v) is 5.22. The van der Waals surface area contributed by atoms with Crippen LogP contribution < -0.4 is 10.2 Å². The molecule has 35 heavy (non-hydrogen) atoms. The van der Waals surface area contributed by atoms with E-state index >= 15 is 0 Å². The number of carbonyl (C=O) groups is 2. The van der Waals surface area contributed by atoms with Crippen LogP contribution in [0.4, 0.5) is 14.6 Å². The van der Waals surface area contributed by atoms with Crippen molar-refractivity contribution >= 4 is 23.3 Å². The van der Waals surface area contributed by atoms with Crippen LogP contribution in [0.2, 0.25) is 0 Å². The third kappa shape index (κ3) is 4.56. The van der Waals surface area contributed by atoms with Crippen LogP contribution in [0.25, 0.3) is 5.65 Å². The smallest absolute Gasteiger partial charge is 0.308 e. The molecule has 0 bridgehead atoms. The number of benzene rings is 1. The van der Waals surface area contributed by atoms with E-state index in [1.807, 2.05) is 4.90 Å². The molecule has 1 amide bonds. The van der Waals surface area contributed by atoms with Gasteiger partial charge in [-0.15, -0.1) is 0 Å². The molecule has 2 fully saturated rings. The van der Waals surface area contributed by atoms with Crippen LogP contribution in [0.15, 0.2) is 36.7 Å². The summed E-state index contributed by atoms with van der Waals surface area (Å²) in [4.78, 5) is 31.4. The fraction of sp³-hybridized carbons (Fsp3) is 0.440. The third-order valence-electron chi connectivity index (χ3n) is 7.06. The lowest BCUT2D eigenvalue weighted by Crippen LogP contribution is -2.39. The van der Waals surface area contributed by atoms with E-state index in [-0.39, 0.29) is 29.9 Å². The second-order valence-corrected chi connectivity index (χ2v) is 9.17. The molecule has 2 aromatic heterocycles. The molecule has 5 rings (SSSR count). The lowest BCUT2D eigenvalue weighted by Gasteiger charge is -2.27. The van der Waals surface area contributed by atoms with E-state index in [2.05, 4.69) is 10.4 Å². The monoisotopic (exact) mass is 483 g/mol. The van der Waals surface area contributed by atoms with Gasteiger partial charge in [-0.1, -0.05) is 0 Å². The van der Waals surface area contributed by atoms with Crippen molar-refractivity contribution < 1.29 is 23.1 Å². The first-order valence-electron chi connectivity index (χ1n) is 11.9. The number of aromatic nitrogens is 3. The van der Waals surface area contributed by atoms with Crippen molar-refractivity contribution in [3.8, 4) is 0 Å². The molecule has 1 saturated carbocycles. The van der Waals surface area contributed by atoms with Crippen LogP contribution in [0.1, 0.15) is 60.5 Å². The topological polar surface area (TPSA) is 88.8 Å². The first kappa shape index (κ1) is 23.2. The summed E-state index contributed by atoms with van der Waals surface area (Å²) < 4.78 is 34.7. The summed E-state index contributed by atoms with van der Waals surface area (Å²) in [5, 5.41) is 7.29. The number of hydrogen-bond donors (Lipinski definition) is 1. The SMILES string of the molecule is COC(=O)[C@H]1CC[C@H](NC(=O)c2cnn3ccc(N4CCC[C@@H]4c4cc(F)ccc4F)nc23)CC1. The van der Waals surface area contributed by atoms with E-state index in [4.69, 9.17) is 9.72 Å². The summed E-state index contributed by atoms with van der Waals surface area (Å²) in [6.07, 6.45) is 7.41. The molecule has 1 saturated heterocycles. The van der Waals surface area contributed by atoms with Gasteiger partial charge in [-0.3, -0.25) is 9.59 Å². The van der Waals surface area contributed by atoms with E-state index in [0.29, 0.717) is 61.2 Å². The molecule has 0 radical (unpaired) electrons. The third-order valence-corrected chi connectivity index (χ3v) is 7.06.